The summed E-state index contributed by atoms with van der Waals surface area (Å²) in [6.45, 7) is 6.86. The highest BCUT2D eigenvalue weighted by molar-refractivity contribution is 7.92. The van der Waals surface area contributed by atoms with E-state index in [4.69, 9.17) is 0 Å². The summed E-state index contributed by atoms with van der Waals surface area (Å²) in [6, 6.07) is 11.8. The molecule has 0 aliphatic heterocycles. The molecule has 130 valence electrons. The van der Waals surface area contributed by atoms with Crippen LogP contribution in [0.1, 0.15) is 32.3 Å². The van der Waals surface area contributed by atoms with Crippen LogP contribution in [0.3, 0.4) is 0 Å². The molecule has 1 N–H and O–H groups in total. The summed E-state index contributed by atoms with van der Waals surface area (Å²) >= 11 is 0. The second-order valence-electron chi connectivity index (χ2n) is 5.76. The fourth-order valence-electron chi connectivity index (χ4n) is 2.44. The molecule has 1 aromatic carbocycles. The molecule has 0 aliphatic rings. The van der Waals surface area contributed by atoms with Gasteiger partial charge in [0.25, 0.3) is 0 Å². The molecular weight excluding hydrogens is 322 g/mol. The minimum absolute atomic E-state index is 0.135. The standard InChI is InChI=1S/C18H25N3O2S/c1-4-6-12-24(22,23)20-16-10-11-18(19-14-16)21(5-2)17-9-7-8-15(3)13-17/h7-11,13-14,20H,4-6,12H2,1-3H3. The second kappa shape index (κ2) is 8.15. The van der Waals surface area contributed by atoms with Crippen molar-refractivity contribution in [1.82, 2.24) is 4.98 Å². The van der Waals surface area contributed by atoms with Gasteiger partial charge in [0.05, 0.1) is 17.6 Å². The molecule has 2 aromatic rings. The smallest absolute Gasteiger partial charge is 0.232 e. The van der Waals surface area contributed by atoms with Gasteiger partial charge in [-0.25, -0.2) is 13.4 Å². The number of hydrogen-bond acceptors (Lipinski definition) is 4. The largest absolute Gasteiger partial charge is 0.327 e. The molecule has 1 heterocycles. The van der Waals surface area contributed by atoms with Gasteiger partial charge in [0, 0.05) is 12.2 Å². The lowest BCUT2D eigenvalue weighted by molar-refractivity contribution is 0.598. The van der Waals surface area contributed by atoms with Gasteiger partial charge in [0.15, 0.2) is 0 Å². The Morgan fingerprint density at radius 3 is 2.54 bits per heavy atom. The third-order valence-electron chi connectivity index (χ3n) is 3.69. The molecule has 0 unspecified atom stereocenters. The highest BCUT2D eigenvalue weighted by Gasteiger charge is 2.12. The van der Waals surface area contributed by atoms with Gasteiger partial charge in [-0.05, 0) is 50.1 Å². The van der Waals surface area contributed by atoms with E-state index < -0.39 is 10.0 Å². The summed E-state index contributed by atoms with van der Waals surface area (Å²) in [6.07, 6.45) is 3.06. The molecular formula is C18H25N3O2S. The van der Waals surface area contributed by atoms with Crippen LogP contribution in [0.25, 0.3) is 0 Å². The first kappa shape index (κ1) is 18.3. The van der Waals surface area contributed by atoms with Crippen molar-refractivity contribution in [3.8, 4) is 0 Å². The molecule has 0 bridgehead atoms. The Morgan fingerprint density at radius 1 is 1.17 bits per heavy atom. The number of nitrogens with one attached hydrogen (secondary N) is 1. The van der Waals surface area contributed by atoms with Crippen LogP contribution < -0.4 is 9.62 Å². The van der Waals surface area contributed by atoms with Crippen LogP contribution in [0, 0.1) is 6.92 Å². The number of anilines is 3. The lowest BCUT2D eigenvalue weighted by Crippen LogP contribution is -2.19. The van der Waals surface area contributed by atoms with Crippen LogP contribution in [0.15, 0.2) is 42.6 Å². The van der Waals surface area contributed by atoms with E-state index in [9.17, 15) is 8.42 Å². The van der Waals surface area contributed by atoms with E-state index >= 15 is 0 Å². The number of aromatic nitrogens is 1. The van der Waals surface area contributed by atoms with E-state index in [1.54, 1.807) is 12.3 Å². The van der Waals surface area contributed by atoms with Gasteiger partial charge < -0.3 is 4.90 Å². The van der Waals surface area contributed by atoms with Crippen molar-refractivity contribution in [3.05, 3.63) is 48.2 Å². The Labute approximate surface area is 144 Å². The van der Waals surface area contributed by atoms with Gasteiger partial charge in [-0.2, -0.15) is 0 Å². The van der Waals surface area contributed by atoms with E-state index in [-0.39, 0.29) is 5.75 Å². The highest BCUT2D eigenvalue weighted by Crippen LogP contribution is 2.25. The Morgan fingerprint density at radius 2 is 1.96 bits per heavy atom. The van der Waals surface area contributed by atoms with Crippen LogP contribution in [0.2, 0.25) is 0 Å². The van der Waals surface area contributed by atoms with Crippen LogP contribution in [0.4, 0.5) is 17.2 Å². The Balaban J connectivity index is 2.16. The predicted octanol–water partition coefficient (Wildman–Crippen LogP) is 4.09. The van der Waals surface area contributed by atoms with Gasteiger partial charge >= 0.3 is 0 Å². The molecule has 24 heavy (non-hydrogen) atoms. The van der Waals surface area contributed by atoms with Gasteiger partial charge in [0.1, 0.15) is 5.82 Å². The fourth-order valence-corrected chi connectivity index (χ4v) is 3.69. The highest BCUT2D eigenvalue weighted by atomic mass is 32.2. The zero-order valence-electron chi connectivity index (χ0n) is 14.5. The minimum Gasteiger partial charge on any atom is -0.327 e. The molecule has 2 rings (SSSR count). The zero-order chi connectivity index (χ0) is 17.6. The summed E-state index contributed by atoms with van der Waals surface area (Å²) in [5.41, 5.74) is 2.75. The van der Waals surface area contributed by atoms with Crippen molar-refractivity contribution in [1.29, 1.82) is 0 Å². The Bertz CT molecular complexity index is 758. The molecule has 6 heteroatoms. The van der Waals surface area contributed by atoms with Gasteiger partial charge in [-0.15, -0.1) is 0 Å². The average Bonchev–Trinajstić information content (AvgIpc) is 2.55. The summed E-state index contributed by atoms with van der Waals surface area (Å²) in [5, 5.41) is 0. The first-order valence-corrected chi connectivity index (χ1v) is 9.91. The molecule has 0 saturated heterocycles. The Hall–Kier alpha value is -2.08. The molecule has 0 radical (unpaired) electrons. The number of hydrogen-bond donors (Lipinski definition) is 1. The number of rotatable bonds is 8. The maximum Gasteiger partial charge on any atom is 0.232 e. The van der Waals surface area contributed by atoms with Crippen molar-refractivity contribution in [2.75, 3.05) is 21.9 Å². The number of unbranched alkanes of at least 4 members (excludes halogenated alkanes) is 1. The molecule has 0 fully saturated rings. The Kier molecular flexibility index (Phi) is 6.20. The van der Waals surface area contributed by atoms with E-state index in [1.165, 1.54) is 5.56 Å². The van der Waals surface area contributed by atoms with Crippen molar-refractivity contribution in [2.24, 2.45) is 0 Å². The van der Waals surface area contributed by atoms with E-state index in [1.807, 2.05) is 25.1 Å². The molecule has 5 nitrogen and oxygen atoms in total. The van der Waals surface area contributed by atoms with E-state index in [0.29, 0.717) is 12.1 Å². The zero-order valence-corrected chi connectivity index (χ0v) is 15.3. The van der Waals surface area contributed by atoms with Crippen LogP contribution in [-0.2, 0) is 10.0 Å². The molecule has 0 saturated carbocycles. The minimum atomic E-state index is -3.30. The number of pyridine rings is 1. The first-order valence-electron chi connectivity index (χ1n) is 8.26. The number of benzene rings is 1. The molecule has 0 aliphatic carbocycles. The van der Waals surface area contributed by atoms with Crippen LogP contribution in [0.5, 0.6) is 0 Å². The lowest BCUT2D eigenvalue weighted by atomic mass is 10.2. The van der Waals surface area contributed by atoms with Crippen molar-refractivity contribution < 1.29 is 8.42 Å². The summed E-state index contributed by atoms with van der Waals surface area (Å²) in [4.78, 5) is 6.51. The quantitative estimate of drug-likeness (QED) is 0.781. The number of nitrogens with zero attached hydrogens (tertiary/aromatic N) is 2. The van der Waals surface area contributed by atoms with Gasteiger partial charge in [0.2, 0.25) is 10.0 Å². The maximum atomic E-state index is 11.9. The van der Waals surface area contributed by atoms with E-state index in [0.717, 1.165) is 24.5 Å². The second-order valence-corrected chi connectivity index (χ2v) is 7.60. The summed E-state index contributed by atoms with van der Waals surface area (Å²) in [5.74, 6) is 0.926. The van der Waals surface area contributed by atoms with E-state index in [2.05, 4.69) is 40.6 Å². The summed E-state index contributed by atoms with van der Waals surface area (Å²) < 4.78 is 26.5. The molecule has 0 atom stereocenters. The topological polar surface area (TPSA) is 62.3 Å². The van der Waals surface area contributed by atoms with Crippen molar-refractivity contribution >= 4 is 27.2 Å². The van der Waals surface area contributed by atoms with Crippen molar-refractivity contribution in [2.45, 2.75) is 33.6 Å². The third-order valence-corrected chi connectivity index (χ3v) is 5.07. The molecule has 0 spiro atoms. The lowest BCUT2D eigenvalue weighted by Gasteiger charge is -2.22. The van der Waals surface area contributed by atoms with Crippen molar-refractivity contribution in [3.63, 3.8) is 0 Å². The number of aryl methyl sites for hydroxylation is 1. The fraction of sp³-hybridized carbons (Fsp3) is 0.389. The van der Waals surface area contributed by atoms with Crippen LogP contribution in [-0.4, -0.2) is 25.7 Å². The van der Waals surface area contributed by atoms with Gasteiger partial charge in [-0.1, -0.05) is 25.5 Å². The first-order chi connectivity index (χ1) is 11.4. The number of sulfonamides is 1. The summed E-state index contributed by atoms with van der Waals surface area (Å²) in [7, 11) is -3.30. The predicted molar refractivity (Wildman–Crippen MR) is 100 cm³/mol. The normalized spacial score (nSPS) is 11.3. The average molecular weight is 347 g/mol. The molecule has 1 aromatic heterocycles. The molecule has 0 amide bonds. The monoisotopic (exact) mass is 347 g/mol. The SMILES string of the molecule is CCCCS(=O)(=O)Nc1ccc(N(CC)c2cccc(C)c2)nc1. The van der Waals surface area contributed by atoms with Gasteiger partial charge in [-0.3, -0.25) is 4.72 Å². The third kappa shape index (κ3) is 4.96. The maximum absolute atomic E-state index is 11.9. The van der Waals surface area contributed by atoms with Crippen LogP contribution >= 0.6 is 0 Å².